The zero-order valence-electron chi connectivity index (χ0n) is 33.0. The molecule has 8 aromatic carbocycles. The van der Waals surface area contributed by atoms with E-state index in [1.165, 1.54) is 0 Å². The molecule has 0 atom stereocenters. The van der Waals surface area contributed by atoms with Crippen molar-refractivity contribution in [2.75, 3.05) is 0 Å². The van der Waals surface area contributed by atoms with E-state index in [1.807, 2.05) is 0 Å². The average molecular weight is 1080 g/mol. The van der Waals surface area contributed by atoms with Crippen LogP contribution in [-0.2, 0) is 0 Å². The number of fused-ring (bicyclic) bond motifs is 2. The lowest BCUT2D eigenvalue weighted by Crippen LogP contribution is -2.13. The molecule has 29 heteroatoms. The second-order valence-electron chi connectivity index (χ2n) is 14.6. The lowest BCUT2D eigenvalue weighted by molar-refractivity contribution is 0.412. The summed E-state index contributed by atoms with van der Waals surface area (Å²) in [5, 5.41) is -9.04. The Bertz CT molecular complexity index is 3780. The van der Waals surface area contributed by atoms with Crippen LogP contribution in [0.3, 0.4) is 0 Å². The monoisotopic (exact) mass is 1080 g/mol. The van der Waals surface area contributed by atoms with E-state index in [-0.39, 0.29) is 0 Å². The molecular weight excluding hydrogens is 1080 g/mol. The summed E-state index contributed by atoms with van der Waals surface area (Å²) >= 11 is 0. The fraction of sp³-hybridized carbons (Fsp3) is 0. The molecule has 0 nitrogen and oxygen atoms in total. The van der Waals surface area contributed by atoms with Gasteiger partial charge in [0.05, 0.1) is 71.8 Å². The van der Waals surface area contributed by atoms with Crippen molar-refractivity contribution in [3.8, 4) is 55.6 Å². The van der Waals surface area contributed by atoms with Crippen LogP contribution < -0.4 is 0 Å². The number of benzene rings is 8. The highest BCUT2D eigenvalue weighted by Crippen LogP contribution is 2.49. The van der Waals surface area contributed by atoms with E-state index in [9.17, 15) is 39.5 Å². The zero-order valence-corrected chi connectivity index (χ0v) is 33.0. The quantitative estimate of drug-likeness (QED) is 0.0915. The number of hydrogen-bond acceptors (Lipinski definition) is 0. The molecule has 0 aliphatic carbocycles. The number of halogens is 29. The van der Waals surface area contributed by atoms with Crippen LogP contribution in [0.2, 0.25) is 0 Å². The van der Waals surface area contributed by atoms with Crippen molar-refractivity contribution < 1.29 is 127 Å². The third-order valence-corrected chi connectivity index (χ3v) is 10.9. The van der Waals surface area contributed by atoms with E-state index in [0.717, 1.165) is 0 Å². The molecule has 0 aliphatic heterocycles. The van der Waals surface area contributed by atoms with Crippen LogP contribution in [0.4, 0.5) is 127 Å². The molecule has 0 aromatic heterocycles. The Morgan fingerprint density at radius 1 is 0.137 bits per heavy atom. The van der Waals surface area contributed by atoms with E-state index in [2.05, 4.69) is 0 Å². The molecule has 0 aliphatic rings. The Morgan fingerprint density at radius 3 is 0.575 bits per heavy atom. The summed E-state index contributed by atoms with van der Waals surface area (Å²) in [5.41, 5.74) is -29.6. The van der Waals surface area contributed by atoms with Gasteiger partial charge in [-0.15, -0.1) is 0 Å². The zero-order chi connectivity index (χ0) is 54.5. The first kappa shape index (κ1) is 51.6. The molecule has 0 spiro atoms. The van der Waals surface area contributed by atoms with Gasteiger partial charge in [-0.05, 0) is 6.07 Å². The third kappa shape index (κ3) is 6.74. The maximum atomic E-state index is 15.6. The first-order valence-electron chi connectivity index (χ1n) is 18.3. The highest BCUT2D eigenvalue weighted by molar-refractivity contribution is 5.92. The van der Waals surface area contributed by atoms with Crippen molar-refractivity contribution >= 4 is 21.5 Å². The van der Waals surface area contributed by atoms with Crippen LogP contribution in [0.5, 0.6) is 0 Å². The van der Waals surface area contributed by atoms with Crippen molar-refractivity contribution in [1.29, 1.82) is 0 Å². The molecule has 8 aromatic rings. The van der Waals surface area contributed by atoms with Crippen molar-refractivity contribution in [3.63, 3.8) is 0 Å². The second kappa shape index (κ2) is 17.2. The minimum atomic E-state index is -3.53. The fourth-order valence-corrected chi connectivity index (χ4v) is 7.64. The van der Waals surface area contributed by atoms with Crippen molar-refractivity contribution in [3.05, 3.63) is 175 Å². The lowest BCUT2D eigenvalue weighted by atomic mass is 9.90. The smallest absolute Gasteiger partial charge is 0.198 e. The highest BCUT2D eigenvalue weighted by atomic mass is 19.2. The predicted octanol–water partition coefficient (Wildman–Crippen LogP) is 16.4. The van der Waals surface area contributed by atoms with E-state index >= 15 is 87.8 Å². The molecule has 0 heterocycles. The maximum absolute atomic E-state index is 15.6. The molecule has 0 bridgehead atoms. The predicted molar refractivity (Wildman–Crippen MR) is 187 cm³/mol. The Hall–Kier alpha value is -7.75. The summed E-state index contributed by atoms with van der Waals surface area (Å²) in [6, 6.07) is -0.512. The molecule has 0 fully saturated rings. The van der Waals surface area contributed by atoms with Gasteiger partial charge in [-0.25, -0.2) is 127 Å². The molecule has 0 radical (unpaired) electrons. The van der Waals surface area contributed by atoms with E-state index in [1.54, 1.807) is 0 Å². The SMILES string of the molecule is Fc1cc2c(F)c(F)c(F)c(F)c2c(F)c1-c1c(F)c(F)c(-c2c(F)c(F)c(-c3c(F)c(F)c(-c4c(F)c(F)c(-c5c(F)c(F)c6c(F)c(F)c(F)c(F)c6c5F)c(F)c4F)c(F)c3F)c(F)c2F)c(F)c1F. The largest absolute Gasteiger partial charge is 0.206 e. The maximum Gasteiger partial charge on any atom is 0.198 e. The Morgan fingerprint density at radius 2 is 0.301 bits per heavy atom. The van der Waals surface area contributed by atoms with Gasteiger partial charge in [-0.1, -0.05) is 0 Å². The Balaban J connectivity index is 1.31. The summed E-state index contributed by atoms with van der Waals surface area (Å²) in [5.74, 6) is -92.6. The van der Waals surface area contributed by atoms with E-state index in [4.69, 9.17) is 0 Å². The van der Waals surface area contributed by atoms with Crippen molar-refractivity contribution in [2.45, 2.75) is 0 Å². The first-order valence-corrected chi connectivity index (χ1v) is 18.3. The second-order valence-corrected chi connectivity index (χ2v) is 14.6. The van der Waals surface area contributed by atoms with Crippen LogP contribution in [0, 0.1) is 169 Å². The molecule has 0 saturated heterocycles. The van der Waals surface area contributed by atoms with Gasteiger partial charge in [-0.2, -0.15) is 0 Å². The van der Waals surface area contributed by atoms with Gasteiger partial charge in [0.2, 0.25) is 0 Å². The standard InChI is InChI=1S/C44HF29/c45-3-1-2-4(20(49)42(71)41(70)17(2)46)18(47)5(3)6-21(50)27(56)11(28(57)22(6)51)12-31(60)35(64)15(36(65)32(12)61)16-37(66)33(62)14(34(63)38(16)67)13-29(58)24(53)9(25(54)30(13)59)7-19(48)8-10(26(55)23(7)52)40(69)44(73)43(72)39(8)68/h1H. The first-order chi connectivity index (χ1) is 33.9. The van der Waals surface area contributed by atoms with Gasteiger partial charge in [0.1, 0.15) is 17.5 Å². The van der Waals surface area contributed by atoms with Crippen LogP contribution in [0.25, 0.3) is 77.2 Å². The Kier molecular flexibility index (Phi) is 12.2. The van der Waals surface area contributed by atoms with Crippen molar-refractivity contribution in [1.82, 2.24) is 0 Å². The average Bonchev–Trinajstić information content (AvgIpc) is 3.34. The molecule has 380 valence electrons. The number of rotatable bonds is 5. The van der Waals surface area contributed by atoms with Crippen LogP contribution in [0.15, 0.2) is 6.07 Å². The fourth-order valence-electron chi connectivity index (χ4n) is 7.64. The summed E-state index contributed by atoms with van der Waals surface area (Å²) in [4.78, 5) is 0. The van der Waals surface area contributed by atoms with Gasteiger partial charge >= 0.3 is 0 Å². The minimum Gasteiger partial charge on any atom is -0.206 e. The van der Waals surface area contributed by atoms with E-state index < -0.39 is 252 Å². The van der Waals surface area contributed by atoms with Crippen LogP contribution >= 0.6 is 0 Å². The van der Waals surface area contributed by atoms with Gasteiger partial charge in [-0.3, -0.25) is 0 Å². The molecule has 8 rings (SSSR count). The molecule has 0 unspecified atom stereocenters. The normalized spacial score (nSPS) is 11.9. The third-order valence-electron chi connectivity index (χ3n) is 10.9. The van der Waals surface area contributed by atoms with Gasteiger partial charge in [0, 0.05) is 5.39 Å². The molecule has 0 N–H and O–H groups in total. The van der Waals surface area contributed by atoms with Gasteiger partial charge < -0.3 is 0 Å². The molecule has 0 amide bonds. The summed E-state index contributed by atoms with van der Waals surface area (Å²) < 4.78 is 437. The topological polar surface area (TPSA) is 0 Å². The van der Waals surface area contributed by atoms with Gasteiger partial charge in [0.15, 0.2) is 151 Å². The van der Waals surface area contributed by atoms with Gasteiger partial charge in [0.25, 0.3) is 0 Å². The number of hydrogen-bond donors (Lipinski definition) is 0. The van der Waals surface area contributed by atoms with Crippen molar-refractivity contribution in [2.24, 2.45) is 0 Å². The summed E-state index contributed by atoms with van der Waals surface area (Å²) in [6.45, 7) is 0. The Labute approximate surface area is 379 Å². The van der Waals surface area contributed by atoms with Crippen LogP contribution in [-0.4, -0.2) is 0 Å². The highest BCUT2D eigenvalue weighted by Gasteiger charge is 2.42. The lowest BCUT2D eigenvalue weighted by Gasteiger charge is -2.19. The van der Waals surface area contributed by atoms with E-state index in [0.29, 0.717) is 0 Å². The summed E-state index contributed by atoms with van der Waals surface area (Å²) in [7, 11) is 0. The molecule has 0 saturated carbocycles. The van der Waals surface area contributed by atoms with Crippen LogP contribution in [0.1, 0.15) is 0 Å². The molecular formula is C44HF29. The summed E-state index contributed by atoms with van der Waals surface area (Å²) in [6.07, 6.45) is 0. The minimum absolute atomic E-state index is 0.512. The molecule has 73 heavy (non-hydrogen) atoms.